The number of nitrogen functional groups attached to an aromatic ring is 1. The average Bonchev–Trinajstić information content (AvgIpc) is 2.95. The number of carboxylic acids is 1. The van der Waals surface area contributed by atoms with Crippen molar-refractivity contribution in [3.05, 3.63) is 23.8 Å². The van der Waals surface area contributed by atoms with E-state index in [2.05, 4.69) is 0 Å². The van der Waals surface area contributed by atoms with E-state index in [1.807, 2.05) is 13.8 Å². The summed E-state index contributed by atoms with van der Waals surface area (Å²) >= 11 is 0. The number of benzene rings is 1. The molecule has 36 heavy (non-hydrogen) atoms. The highest BCUT2D eigenvalue weighted by Gasteiger charge is 2.43. The van der Waals surface area contributed by atoms with Crippen molar-refractivity contribution < 1.29 is 48.0 Å². The number of carbonyl (C=O) groups is 4. The number of esters is 3. The molecule has 4 atom stereocenters. The second-order valence-corrected chi connectivity index (χ2v) is 8.46. The van der Waals surface area contributed by atoms with E-state index in [1.54, 1.807) is 6.92 Å². The fourth-order valence-corrected chi connectivity index (χ4v) is 3.60. The van der Waals surface area contributed by atoms with Gasteiger partial charge >= 0.3 is 23.9 Å². The fraction of sp³-hybridized carbons (Fsp3) is 0.600. The maximum Gasteiger partial charge on any atom is 0.339 e. The van der Waals surface area contributed by atoms with Crippen LogP contribution in [0.25, 0.3) is 0 Å². The summed E-state index contributed by atoms with van der Waals surface area (Å²) in [6.07, 6.45) is -2.45. The van der Waals surface area contributed by atoms with Gasteiger partial charge in [-0.15, -0.1) is 0 Å². The van der Waals surface area contributed by atoms with Gasteiger partial charge in [0, 0.05) is 31.4 Å². The monoisotopic (exact) mass is 509 g/mol. The Balaban J connectivity index is 2.43. The molecule has 1 aliphatic heterocycles. The molecule has 0 aliphatic carbocycles. The van der Waals surface area contributed by atoms with Crippen molar-refractivity contribution in [3.63, 3.8) is 0 Å². The number of anilines is 1. The van der Waals surface area contributed by atoms with Crippen LogP contribution in [0.1, 0.15) is 76.1 Å². The van der Waals surface area contributed by atoms with Crippen LogP contribution in [-0.2, 0) is 33.3 Å². The van der Waals surface area contributed by atoms with Gasteiger partial charge in [0.2, 0.25) is 12.4 Å². The zero-order valence-electron chi connectivity index (χ0n) is 20.9. The van der Waals surface area contributed by atoms with Gasteiger partial charge in [-0.25, -0.2) is 4.79 Å². The van der Waals surface area contributed by atoms with Gasteiger partial charge in [0.25, 0.3) is 0 Å². The minimum Gasteiger partial charge on any atom is -0.478 e. The SMILES string of the molecule is CCCC(=O)O[C@@H]1CO[C@H](Oc2ccc(N)cc2C(=O)O)[C@H](OC(=O)CCC)[C@@H](OC(=O)CCC)C1. The molecule has 2 rings (SSSR count). The van der Waals surface area contributed by atoms with Crippen LogP contribution in [-0.4, -0.2) is 60.2 Å². The van der Waals surface area contributed by atoms with E-state index in [9.17, 15) is 24.3 Å². The van der Waals surface area contributed by atoms with Crippen molar-refractivity contribution in [1.29, 1.82) is 0 Å². The van der Waals surface area contributed by atoms with Crippen LogP contribution >= 0.6 is 0 Å². The molecular formula is C25H35NO10. The Morgan fingerprint density at radius 2 is 1.53 bits per heavy atom. The predicted octanol–water partition coefficient (Wildman–Crippen LogP) is 3.23. The maximum atomic E-state index is 12.5. The third kappa shape index (κ3) is 8.71. The van der Waals surface area contributed by atoms with Crippen molar-refractivity contribution in [2.45, 2.75) is 90.3 Å². The first kappa shape index (κ1) is 28.9. The Kier molecular flexibility index (Phi) is 11.5. The molecule has 0 spiro atoms. The number of ether oxygens (including phenoxy) is 5. The Bertz CT molecular complexity index is 918. The Hall–Kier alpha value is -3.34. The van der Waals surface area contributed by atoms with E-state index in [1.165, 1.54) is 18.2 Å². The summed E-state index contributed by atoms with van der Waals surface area (Å²) in [5, 5.41) is 9.59. The van der Waals surface area contributed by atoms with Crippen molar-refractivity contribution in [1.82, 2.24) is 0 Å². The average molecular weight is 510 g/mol. The van der Waals surface area contributed by atoms with Crippen LogP contribution in [0.15, 0.2) is 18.2 Å². The first-order valence-electron chi connectivity index (χ1n) is 12.2. The topological polar surface area (TPSA) is 161 Å². The van der Waals surface area contributed by atoms with Gasteiger partial charge in [0.15, 0.2) is 0 Å². The van der Waals surface area contributed by atoms with Crippen LogP contribution < -0.4 is 10.5 Å². The van der Waals surface area contributed by atoms with Crippen LogP contribution in [0.2, 0.25) is 0 Å². The summed E-state index contributed by atoms with van der Waals surface area (Å²) in [7, 11) is 0. The third-order valence-corrected chi connectivity index (χ3v) is 5.26. The summed E-state index contributed by atoms with van der Waals surface area (Å²) < 4.78 is 28.5. The Morgan fingerprint density at radius 1 is 0.944 bits per heavy atom. The summed E-state index contributed by atoms with van der Waals surface area (Å²) in [6.45, 7) is 5.29. The van der Waals surface area contributed by atoms with Crippen molar-refractivity contribution in [2.24, 2.45) is 0 Å². The highest BCUT2D eigenvalue weighted by atomic mass is 16.7. The molecule has 1 heterocycles. The lowest BCUT2D eigenvalue weighted by atomic mass is 10.1. The van der Waals surface area contributed by atoms with Gasteiger partial charge in [-0.2, -0.15) is 0 Å². The molecule has 0 amide bonds. The minimum absolute atomic E-state index is 0.00235. The van der Waals surface area contributed by atoms with Gasteiger partial charge in [-0.05, 0) is 37.5 Å². The molecule has 1 aliphatic rings. The van der Waals surface area contributed by atoms with E-state index in [4.69, 9.17) is 29.4 Å². The van der Waals surface area contributed by atoms with E-state index >= 15 is 0 Å². The maximum absolute atomic E-state index is 12.5. The van der Waals surface area contributed by atoms with Crippen LogP contribution in [0.4, 0.5) is 5.69 Å². The molecule has 0 unspecified atom stereocenters. The van der Waals surface area contributed by atoms with Gasteiger partial charge in [-0.1, -0.05) is 20.8 Å². The molecule has 1 aromatic carbocycles. The first-order chi connectivity index (χ1) is 17.2. The van der Waals surface area contributed by atoms with E-state index < -0.39 is 48.5 Å². The predicted molar refractivity (Wildman–Crippen MR) is 127 cm³/mol. The highest BCUT2D eigenvalue weighted by molar-refractivity contribution is 5.92. The lowest BCUT2D eigenvalue weighted by Gasteiger charge is -2.30. The molecule has 1 aromatic rings. The molecule has 0 radical (unpaired) electrons. The first-order valence-corrected chi connectivity index (χ1v) is 12.2. The van der Waals surface area contributed by atoms with Crippen LogP contribution in [0, 0.1) is 0 Å². The van der Waals surface area contributed by atoms with Crippen molar-refractivity contribution in [3.8, 4) is 5.75 Å². The van der Waals surface area contributed by atoms with E-state index in [0.717, 1.165) is 0 Å². The third-order valence-electron chi connectivity index (χ3n) is 5.26. The summed E-state index contributed by atoms with van der Waals surface area (Å²) in [5.74, 6) is -2.93. The highest BCUT2D eigenvalue weighted by Crippen LogP contribution is 2.29. The number of hydrogen-bond acceptors (Lipinski definition) is 10. The Morgan fingerprint density at radius 3 is 2.11 bits per heavy atom. The second-order valence-electron chi connectivity index (χ2n) is 8.46. The molecule has 11 heteroatoms. The lowest BCUT2D eigenvalue weighted by Crippen LogP contribution is -2.46. The molecule has 1 saturated heterocycles. The number of hydrogen-bond donors (Lipinski definition) is 2. The minimum atomic E-state index is -1.36. The smallest absolute Gasteiger partial charge is 0.339 e. The quantitative estimate of drug-likeness (QED) is 0.242. The largest absolute Gasteiger partial charge is 0.478 e. The number of nitrogens with two attached hydrogens (primary N) is 1. The number of carboxylic acid groups (broad SMARTS) is 1. The zero-order chi connectivity index (χ0) is 26.7. The Labute approximate surface area is 210 Å². The second kappa shape index (κ2) is 14.3. The lowest BCUT2D eigenvalue weighted by molar-refractivity contribution is -0.201. The van der Waals surface area contributed by atoms with Gasteiger partial charge in [0.1, 0.15) is 23.5 Å². The molecule has 0 bridgehead atoms. The molecule has 11 nitrogen and oxygen atoms in total. The molecule has 0 aromatic heterocycles. The molecule has 1 fully saturated rings. The molecule has 200 valence electrons. The number of aromatic carboxylic acids is 1. The van der Waals surface area contributed by atoms with E-state index in [-0.39, 0.29) is 49.3 Å². The molecular weight excluding hydrogens is 474 g/mol. The van der Waals surface area contributed by atoms with E-state index in [0.29, 0.717) is 19.3 Å². The molecule has 0 saturated carbocycles. The summed E-state index contributed by atoms with van der Waals surface area (Å²) in [6, 6.07) is 4.03. The molecule has 3 N–H and O–H groups in total. The zero-order valence-corrected chi connectivity index (χ0v) is 20.9. The van der Waals surface area contributed by atoms with Gasteiger partial charge in [-0.3, -0.25) is 14.4 Å². The summed E-state index contributed by atoms with van der Waals surface area (Å²) in [5.41, 5.74) is 5.70. The van der Waals surface area contributed by atoms with Crippen LogP contribution in [0.3, 0.4) is 0 Å². The summed E-state index contributed by atoms with van der Waals surface area (Å²) in [4.78, 5) is 48.8. The van der Waals surface area contributed by atoms with Gasteiger partial charge < -0.3 is 34.5 Å². The van der Waals surface area contributed by atoms with Crippen molar-refractivity contribution >= 4 is 29.6 Å². The van der Waals surface area contributed by atoms with Gasteiger partial charge in [0.05, 0.1) is 6.61 Å². The normalized spacial score (nSPS) is 21.6. The van der Waals surface area contributed by atoms with Crippen LogP contribution in [0.5, 0.6) is 5.75 Å². The fourth-order valence-electron chi connectivity index (χ4n) is 3.60. The standard InChI is InChI=1S/C25H35NO10/c1-4-7-20(27)33-16-13-19(34-21(28)8-5-2)23(36-22(29)9-6-3)25(32-14-16)35-18-11-10-15(26)12-17(18)24(30)31/h10-12,16,19,23,25H,4-9,13-14,26H2,1-3H3,(H,30,31)/t16-,19-,23+,25+/m0/s1. The van der Waals surface area contributed by atoms with Crippen molar-refractivity contribution in [2.75, 3.05) is 12.3 Å². The number of carbonyl (C=O) groups excluding carboxylic acids is 3. The number of rotatable bonds is 12.